The van der Waals surface area contributed by atoms with Gasteiger partial charge in [0, 0.05) is 36.3 Å². The summed E-state index contributed by atoms with van der Waals surface area (Å²) in [4.78, 5) is 29.4. The molecule has 148 valence electrons. The third kappa shape index (κ3) is 4.09. The highest BCUT2D eigenvalue weighted by Crippen LogP contribution is 2.29. The van der Waals surface area contributed by atoms with Gasteiger partial charge in [-0.1, -0.05) is 17.7 Å². The summed E-state index contributed by atoms with van der Waals surface area (Å²) in [7, 11) is 0. The minimum absolute atomic E-state index is 0.102. The van der Waals surface area contributed by atoms with Crippen LogP contribution in [0.1, 0.15) is 37.7 Å². The number of halogens is 1. The first-order chi connectivity index (χ1) is 13.6. The molecule has 1 unspecified atom stereocenters. The van der Waals surface area contributed by atoms with Crippen molar-refractivity contribution < 1.29 is 14.3 Å². The highest BCUT2D eigenvalue weighted by molar-refractivity contribution is 6.30. The van der Waals surface area contributed by atoms with Gasteiger partial charge < -0.3 is 14.5 Å². The van der Waals surface area contributed by atoms with Crippen LogP contribution in [0.15, 0.2) is 35.9 Å². The molecule has 3 heterocycles. The Morgan fingerprint density at radius 1 is 1.11 bits per heavy atom. The van der Waals surface area contributed by atoms with Crippen molar-refractivity contribution in [1.82, 2.24) is 9.80 Å². The molecule has 0 aliphatic carbocycles. The van der Waals surface area contributed by atoms with Crippen molar-refractivity contribution >= 4 is 29.5 Å². The lowest BCUT2D eigenvalue weighted by atomic mass is 10.0. The van der Waals surface area contributed by atoms with Gasteiger partial charge in [0.2, 0.25) is 11.8 Å². The molecule has 1 aromatic carbocycles. The Morgan fingerprint density at radius 3 is 2.71 bits per heavy atom. The van der Waals surface area contributed by atoms with Gasteiger partial charge in [0.15, 0.2) is 0 Å². The normalized spacial score (nSPS) is 22.0. The molecule has 2 amide bonds. The lowest BCUT2D eigenvalue weighted by molar-refractivity contribution is -0.144. The number of nitrogens with zero attached hydrogens (tertiary/aromatic N) is 2. The monoisotopic (exact) mass is 400 g/mol. The number of piperidine rings is 1. The van der Waals surface area contributed by atoms with E-state index in [4.69, 9.17) is 16.3 Å². The van der Waals surface area contributed by atoms with E-state index in [1.807, 2.05) is 23.1 Å². The first-order valence-corrected chi connectivity index (χ1v) is 10.4. The summed E-state index contributed by atoms with van der Waals surface area (Å²) in [5, 5.41) is 0.650. The lowest BCUT2D eigenvalue weighted by Crippen LogP contribution is -2.52. The fourth-order valence-electron chi connectivity index (χ4n) is 4.14. The van der Waals surface area contributed by atoms with E-state index in [-0.39, 0.29) is 17.9 Å². The second-order valence-electron chi connectivity index (χ2n) is 7.60. The minimum Gasteiger partial charge on any atom is -0.488 e. The zero-order valence-corrected chi connectivity index (χ0v) is 16.7. The van der Waals surface area contributed by atoms with Crippen molar-refractivity contribution in [3.8, 4) is 5.75 Å². The Morgan fingerprint density at radius 2 is 1.89 bits per heavy atom. The summed E-state index contributed by atoms with van der Waals surface area (Å²) >= 11 is 6.05. The Balaban J connectivity index is 1.46. The fourth-order valence-corrected chi connectivity index (χ4v) is 4.32. The molecule has 2 saturated heterocycles. The summed E-state index contributed by atoms with van der Waals surface area (Å²) < 4.78 is 5.73. The van der Waals surface area contributed by atoms with Gasteiger partial charge in [-0.05, 0) is 62.0 Å². The number of fused-ring (bicyclic) bond motifs is 1. The standard InChI is InChI=1S/C22H25ClN2O3/c23-18-7-8-20-17(14-18)13-16(15-28-20)6-9-21(26)25-12-2-1-5-19(25)22(27)24-10-3-4-11-24/h6-9,13-14,19H,1-5,10-12,15H2/b9-6+. The molecule has 1 atom stereocenters. The van der Waals surface area contributed by atoms with Crippen molar-refractivity contribution in [3.63, 3.8) is 0 Å². The molecular weight excluding hydrogens is 376 g/mol. The van der Waals surface area contributed by atoms with Crippen molar-refractivity contribution in [2.45, 2.75) is 38.1 Å². The summed E-state index contributed by atoms with van der Waals surface area (Å²) in [6, 6.07) is 5.18. The van der Waals surface area contributed by atoms with Crippen LogP contribution in [0.5, 0.6) is 5.75 Å². The summed E-state index contributed by atoms with van der Waals surface area (Å²) in [5.74, 6) is 0.804. The Kier molecular flexibility index (Phi) is 5.72. The number of benzene rings is 1. The maximum atomic E-state index is 12.9. The number of likely N-dealkylation sites (tertiary alicyclic amines) is 2. The van der Waals surface area contributed by atoms with Gasteiger partial charge in [0.05, 0.1) is 0 Å². The summed E-state index contributed by atoms with van der Waals surface area (Å²) in [5.41, 5.74) is 1.81. The number of rotatable bonds is 3. The average Bonchev–Trinajstić information content (AvgIpc) is 3.26. The Hall–Kier alpha value is -2.27. The van der Waals surface area contributed by atoms with Gasteiger partial charge in [-0.15, -0.1) is 0 Å². The number of amides is 2. The van der Waals surface area contributed by atoms with Gasteiger partial charge in [-0.2, -0.15) is 0 Å². The van der Waals surface area contributed by atoms with Crippen LogP contribution in [0.4, 0.5) is 0 Å². The molecule has 3 aliphatic rings. The molecule has 5 nitrogen and oxygen atoms in total. The lowest BCUT2D eigenvalue weighted by Gasteiger charge is -2.36. The zero-order chi connectivity index (χ0) is 19.5. The largest absolute Gasteiger partial charge is 0.488 e. The Labute approximate surface area is 170 Å². The molecule has 3 aliphatic heterocycles. The van der Waals surface area contributed by atoms with E-state index in [1.54, 1.807) is 23.1 Å². The molecule has 0 bridgehead atoms. The van der Waals surface area contributed by atoms with Gasteiger partial charge in [0.25, 0.3) is 0 Å². The van der Waals surface area contributed by atoms with Crippen molar-refractivity contribution in [3.05, 3.63) is 46.5 Å². The molecule has 2 fully saturated rings. The SMILES string of the molecule is O=C(C1CCCCN1C(=O)/C=C/C1=Cc2cc(Cl)ccc2OC1)N1CCCC1. The number of ether oxygens (including phenoxy) is 1. The van der Waals surface area contributed by atoms with Crippen LogP contribution in [0.25, 0.3) is 6.08 Å². The van der Waals surface area contributed by atoms with Gasteiger partial charge >= 0.3 is 0 Å². The number of carbonyl (C=O) groups is 2. The van der Waals surface area contributed by atoms with E-state index < -0.39 is 0 Å². The topological polar surface area (TPSA) is 49.9 Å². The van der Waals surface area contributed by atoms with Crippen LogP contribution in [0.2, 0.25) is 5.02 Å². The quantitative estimate of drug-likeness (QED) is 0.727. The molecule has 0 N–H and O–H groups in total. The van der Waals surface area contributed by atoms with E-state index in [2.05, 4.69) is 0 Å². The number of carbonyl (C=O) groups excluding carboxylic acids is 2. The fraction of sp³-hybridized carbons (Fsp3) is 0.455. The highest BCUT2D eigenvalue weighted by Gasteiger charge is 2.34. The van der Waals surface area contributed by atoms with Crippen LogP contribution < -0.4 is 4.74 Å². The van der Waals surface area contributed by atoms with E-state index in [9.17, 15) is 9.59 Å². The predicted molar refractivity (Wildman–Crippen MR) is 109 cm³/mol. The van der Waals surface area contributed by atoms with E-state index in [0.717, 1.165) is 62.1 Å². The van der Waals surface area contributed by atoms with Gasteiger partial charge in [-0.3, -0.25) is 9.59 Å². The third-order valence-corrected chi connectivity index (χ3v) is 5.87. The van der Waals surface area contributed by atoms with E-state index in [0.29, 0.717) is 18.2 Å². The summed E-state index contributed by atoms with van der Waals surface area (Å²) in [6.07, 6.45) is 10.2. The number of hydrogen-bond acceptors (Lipinski definition) is 3. The molecule has 0 radical (unpaired) electrons. The van der Waals surface area contributed by atoms with Gasteiger partial charge in [0.1, 0.15) is 18.4 Å². The second-order valence-corrected chi connectivity index (χ2v) is 8.04. The van der Waals surface area contributed by atoms with Crippen LogP contribution in [0, 0.1) is 0 Å². The van der Waals surface area contributed by atoms with Crippen molar-refractivity contribution in [2.24, 2.45) is 0 Å². The first-order valence-electron chi connectivity index (χ1n) is 10.0. The minimum atomic E-state index is -0.319. The van der Waals surface area contributed by atoms with Crippen molar-refractivity contribution in [1.29, 1.82) is 0 Å². The van der Waals surface area contributed by atoms with Crippen molar-refractivity contribution in [2.75, 3.05) is 26.2 Å². The molecule has 28 heavy (non-hydrogen) atoms. The van der Waals surface area contributed by atoms with Crippen LogP contribution in [-0.2, 0) is 9.59 Å². The Bertz CT molecular complexity index is 827. The summed E-state index contributed by atoms with van der Waals surface area (Å²) in [6.45, 7) is 2.69. The van der Waals surface area contributed by atoms with Crippen LogP contribution in [0.3, 0.4) is 0 Å². The smallest absolute Gasteiger partial charge is 0.247 e. The van der Waals surface area contributed by atoms with Gasteiger partial charge in [-0.25, -0.2) is 0 Å². The maximum Gasteiger partial charge on any atom is 0.247 e. The molecule has 0 spiro atoms. The van der Waals surface area contributed by atoms with Crippen LogP contribution >= 0.6 is 11.6 Å². The van der Waals surface area contributed by atoms with E-state index >= 15 is 0 Å². The molecule has 6 heteroatoms. The zero-order valence-electron chi connectivity index (χ0n) is 15.9. The van der Waals surface area contributed by atoms with E-state index in [1.165, 1.54) is 0 Å². The first kappa shape index (κ1) is 19.1. The molecule has 0 saturated carbocycles. The average molecular weight is 401 g/mol. The predicted octanol–water partition coefficient (Wildman–Crippen LogP) is 3.68. The number of hydrogen-bond donors (Lipinski definition) is 0. The highest BCUT2D eigenvalue weighted by atomic mass is 35.5. The third-order valence-electron chi connectivity index (χ3n) is 5.64. The molecule has 4 rings (SSSR count). The van der Waals surface area contributed by atoms with Crippen LogP contribution in [-0.4, -0.2) is 53.9 Å². The maximum absolute atomic E-state index is 12.9. The molecule has 1 aromatic rings. The second kappa shape index (κ2) is 8.39. The molecular formula is C22H25ClN2O3. The molecule has 0 aromatic heterocycles.